The average molecular weight is 458 g/mol. The number of aliphatic imine (C=N–C) groups is 1. The van der Waals surface area contributed by atoms with Gasteiger partial charge in [-0.1, -0.05) is 6.07 Å². The second-order valence-corrected chi connectivity index (χ2v) is 9.24. The van der Waals surface area contributed by atoms with E-state index in [2.05, 4.69) is 9.97 Å². The summed E-state index contributed by atoms with van der Waals surface area (Å²) in [5, 5.41) is 0. The minimum Gasteiger partial charge on any atom is -0.462 e. The SMILES string of the molecule is CC1(C)C=C(c2cc3c(cc2F)Oc2ccc(-c4cncnc4)cc2[C@@]32COC(N)=N2)CCO1. The van der Waals surface area contributed by atoms with E-state index < -0.39 is 11.1 Å². The lowest BCUT2D eigenvalue weighted by Crippen LogP contribution is -2.31. The van der Waals surface area contributed by atoms with Gasteiger partial charge in [-0.05, 0) is 55.7 Å². The molecule has 6 rings (SSSR count). The fourth-order valence-corrected chi connectivity index (χ4v) is 4.92. The van der Waals surface area contributed by atoms with Crippen LogP contribution in [0.15, 0.2) is 60.1 Å². The minimum atomic E-state index is -0.956. The van der Waals surface area contributed by atoms with Crippen LogP contribution in [0.5, 0.6) is 11.5 Å². The summed E-state index contributed by atoms with van der Waals surface area (Å²) in [6.45, 7) is 4.65. The van der Waals surface area contributed by atoms with Gasteiger partial charge in [-0.2, -0.15) is 0 Å². The molecule has 34 heavy (non-hydrogen) atoms. The summed E-state index contributed by atoms with van der Waals surface area (Å²) in [5.74, 6) is 0.627. The molecule has 7 nitrogen and oxygen atoms in total. The average Bonchev–Trinajstić information content (AvgIpc) is 3.21. The van der Waals surface area contributed by atoms with Gasteiger partial charge in [0.1, 0.15) is 30.3 Å². The molecule has 3 aromatic rings. The molecular formula is C26H23FN4O3. The highest BCUT2D eigenvalue weighted by Gasteiger charge is 2.47. The standard InChI is InChI=1S/C26H23FN4O3/c1-25(2)10-16(5-6-33-25)18-8-20-23(9-21(18)27)34-22-4-3-15(17-11-29-14-30-12-17)7-19(22)26(20)13-32-24(28)31-26/h3-4,7-12,14H,5-6,13H2,1-2H3,(H2,28,31)/t26-/m0/s1. The first-order chi connectivity index (χ1) is 16.3. The molecular weight excluding hydrogens is 435 g/mol. The Bertz CT molecular complexity index is 1370. The van der Waals surface area contributed by atoms with E-state index in [9.17, 15) is 0 Å². The maximum atomic E-state index is 15.4. The first-order valence-corrected chi connectivity index (χ1v) is 11.1. The molecule has 3 aliphatic rings. The van der Waals surface area contributed by atoms with E-state index in [1.54, 1.807) is 12.4 Å². The predicted molar refractivity (Wildman–Crippen MR) is 125 cm³/mol. The summed E-state index contributed by atoms with van der Waals surface area (Å²) < 4.78 is 33.0. The van der Waals surface area contributed by atoms with Crippen LogP contribution in [0, 0.1) is 5.82 Å². The van der Waals surface area contributed by atoms with Crippen LogP contribution in [-0.2, 0) is 15.0 Å². The van der Waals surface area contributed by atoms with Crippen molar-refractivity contribution in [2.75, 3.05) is 13.2 Å². The molecule has 1 atom stereocenters. The molecule has 3 aliphatic heterocycles. The molecule has 1 spiro atoms. The highest BCUT2D eigenvalue weighted by Crippen LogP contribution is 2.52. The molecule has 0 saturated carbocycles. The Hall–Kier alpha value is -3.78. The van der Waals surface area contributed by atoms with Gasteiger partial charge in [0, 0.05) is 40.7 Å². The fourth-order valence-electron chi connectivity index (χ4n) is 4.92. The topological polar surface area (TPSA) is 91.9 Å². The molecule has 0 radical (unpaired) electrons. The Balaban J connectivity index is 1.55. The fraction of sp³-hybridized carbons (Fsp3) is 0.269. The zero-order valence-electron chi connectivity index (χ0n) is 18.8. The molecule has 0 bridgehead atoms. The van der Waals surface area contributed by atoms with Gasteiger partial charge in [0.15, 0.2) is 5.54 Å². The summed E-state index contributed by atoms with van der Waals surface area (Å²) in [6, 6.07) is 9.10. The number of rotatable bonds is 2. The molecule has 0 unspecified atom stereocenters. The van der Waals surface area contributed by atoms with Crippen molar-refractivity contribution in [2.24, 2.45) is 10.7 Å². The summed E-state index contributed by atoms with van der Waals surface area (Å²) in [4.78, 5) is 13.0. The summed E-state index contributed by atoms with van der Waals surface area (Å²) in [6.07, 6.45) is 7.57. The Kier molecular flexibility index (Phi) is 4.50. The molecule has 0 fully saturated rings. The smallest absolute Gasteiger partial charge is 0.283 e. The van der Waals surface area contributed by atoms with Crippen LogP contribution in [0.25, 0.3) is 16.7 Å². The molecule has 2 N–H and O–H groups in total. The summed E-state index contributed by atoms with van der Waals surface area (Å²) in [5.41, 5.74) is 9.26. The number of benzene rings is 2. The van der Waals surface area contributed by atoms with E-state index in [1.165, 1.54) is 12.4 Å². The summed E-state index contributed by atoms with van der Waals surface area (Å²) in [7, 11) is 0. The Morgan fingerprint density at radius 3 is 2.53 bits per heavy atom. The first-order valence-electron chi connectivity index (χ1n) is 11.1. The number of hydrogen-bond acceptors (Lipinski definition) is 7. The van der Waals surface area contributed by atoms with Crippen molar-refractivity contribution in [1.82, 2.24) is 9.97 Å². The van der Waals surface area contributed by atoms with Crippen molar-refractivity contribution >= 4 is 11.6 Å². The maximum absolute atomic E-state index is 15.4. The second-order valence-electron chi connectivity index (χ2n) is 9.24. The van der Waals surface area contributed by atoms with Gasteiger partial charge in [0.2, 0.25) is 0 Å². The molecule has 0 saturated heterocycles. The number of fused-ring (bicyclic) bond motifs is 4. The first kappa shape index (κ1) is 20.8. The minimum absolute atomic E-state index is 0.0875. The van der Waals surface area contributed by atoms with E-state index in [1.807, 2.05) is 44.2 Å². The number of nitrogens with zero attached hydrogens (tertiary/aromatic N) is 3. The number of ether oxygens (including phenoxy) is 3. The van der Waals surface area contributed by atoms with Crippen molar-refractivity contribution in [1.29, 1.82) is 0 Å². The van der Waals surface area contributed by atoms with Gasteiger partial charge in [0.25, 0.3) is 6.02 Å². The molecule has 0 amide bonds. The Morgan fingerprint density at radius 2 is 1.79 bits per heavy atom. The zero-order valence-corrected chi connectivity index (χ0v) is 18.8. The van der Waals surface area contributed by atoms with Gasteiger partial charge >= 0.3 is 0 Å². The zero-order chi connectivity index (χ0) is 23.5. The van der Waals surface area contributed by atoms with Crippen LogP contribution in [0.1, 0.15) is 37.0 Å². The molecule has 172 valence electrons. The molecule has 2 aromatic carbocycles. The van der Waals surface area contributed by atoms with Gasteiger partial charge in [-0.3, -0.25) is 0 Å². The lowest BCUT2D eigenvalue weighted by atomic mass is 9.79. The van der Waals surface area contributed by atoms with Crippen molar-refractivity contribution < 1.29 is 18.6 Å². The van der Waals surface area contributed by atoms with Gasteiger partial charge in [-0.25, -0.2) is 19.4 Å². The van der Waals surface area contributed by atoms with Crippen molar-refractivity contribution in [3.8, 4) is 22.6 Å². The van der Waals surface area contributed by atoms with E-state index >= 15 is 4.39 Å². The second kappa shape index (κ2) is 7.36. The third kappa shape index (κ3) is 3.25. The Morgan fingerprint density at radius 1 is 1.00 bits per heavy atom. The molecule has 8 heteroatoms. The normalized spacial score (nSPS) is 22.2. The highest BCUT2D eigenvalue weighted by molar-refractivity contribution is 5.79. The number of nitrogens with two attached hydrogens (primary N) is 1. The van der Waals surface area contributed by atoms with Gasteiger partial charge in [0.05, 0.1) is 12.2 Å². The van der Waals surface area contributed by atoms with Crippen LogP contribution in [-0.4, -0.2) is 34.8 Å². The van der Waals surface area contributed by atoms with Crippen LogP contribution in [0.4, 0.5) is 4.39 Å². The Labute approximate surface area is 196 Å². The lowest BCUT2D eigenvalue weighted by molar-refractivity contribution is 0.0164. The van der Waals surface area contributed by atoms with Crippen molar-refractivity contribution in [2.45, 2.75) is 31.4 Å². The van der Waals surface area contributed by atoms with Crippen LogP contribution in [0.3, 0.4) is 0 Å². The van der Waals surface area contributed by atoms with E-state index in [0.29, 0.717) is 35.7 Å². The van der Waals surface area contributed by atoms with Crippen LogP contribution < -0.4 is 10.5 Å². The van der Waals surface area contributed by atoms with Gasteiger partial charge < -0.3 is 19.9 Å². The van der Waals surface area contributed by atoms with Crippen molar-refractivity contribution in [3.05, 3.63) is 77.6 Å². The van der Waals surface area contributed by atoms with E-state index in [4.69, 9.17) is 24.9 Å². The number of aromatic nitrogens is 2. The highest BCUT2D eigenvalue weighted by atomic mass is 19.1. The van der Waals surface area contributed by atoms with Crippen LogP contribution >= 0.6 is 0 Å². The summed E-state index contributed by atoms with van der Waals surface area (Å²) >= 11 is 0. The molecule has 1 aromatic heterocycles. The third-order valence-corrected chi connectivity index (χ3v) is 6.50. The quantitative estimate of drug-likeness (QED) is 0.605. The number of hydrogen-bond donors (Lipinski definition) is 1. The third-order valence-electron chi connectivity index (χ3n) is 6.50. The maximum Gasteiger partial charge on any atom is 0.283 e. The van der Waals surface area contributed by atoms with E-state index in [-0.39, 0.29) is 18.4 Å². The van der Waals surface area contributed by atoms with E-state index in [0.717, 1.165) is 22.3 Å². The van der Waals surface area contributed by atoms with Crippen LogP contribution in [0.2, 0.25) is 0 Å². The molecule has 0 aliphatic carbocycles. The predicted octanol–water partition coefficient (Wildman–Crippen LogP) is 4.56. The molecule has 4 heterocycles. The largest absolute Gasteiger partial charge is 0.462 e. The number of amidine groups is 1. The van der Waals surface area contributed by atoms with Gasteiger partial charge in [-0.15, -0.1) is 0 Å². The lowest BCUT2D eigenvalue weighted by Gasteiger charge is -2.35. The monoisotopic (exact) mass is 458 g/mol. The number of halogens is 1. The van der Waals surface area contributed by atoms with Crippen molar-refractivity contribution in [3.63, 3.8) is 0 Å².